The Labute approximate surface area is 155 Å². The summed E-state index contributed by atoms with van der Waals surface area (Å²) >= 11 is 1.63. The van der Waals surface area contributed by atoms with Crippen molar-refractivity contribution in [1.29, 1.82) is 0 Å². The molecule has 1 atom stereocenters. The van der Waals surface area contributed by atoms with Gasteiger partial charge in [0.2, 0.25) is 0 Å². The molecule has 2 aromatic heterocycles. The molecule has 4 rings (SSSR count). The zero-order chi connectivity index (χ0) is 18.1. The van der Waals surface area contributed by atoms with E-state index in [0.29, 0.717) is 18.4 Å². The summed E-state index contributed by atoms with van der Waals surface area (Å²) in [6, 6.07) is 11.3. The Kier molecular flexibility index (Phi) is 4.64. The first-order valence-corrected chi connectivity index (χ1v) is 11.1. The number of thiophene rings is 1. The summed E-state index contributed by atoms with van der Waals surface area (Å²) in [5, 5.41) is 7.73. The quantitative estimate of drug-likeness (QED) is 0.668. The van der Waals surface area contributed by atoms with E-state index in [1.165, 1.54) is 4.68 Å². The molecular formula is C18H19N3O3S2. The second kappa shape index (κ2) is 6.94. The molecule has 0 N–H and O–H groups in total. The van der Waals surface area contributed by atoms with Gasteiger partial charge in [0.25, 0.3) is 5.56 Å². The highest BCUT2D eigenvalue weighted by atomic mass is 32.2. The smallest absolute Gasteiger partial charge is 0.275 e. The Bertz CT molecular complexity index is 1070. The Morgan fingerprint density at radius 1 is 1.23 bits per heavy atom. The lowest BCUT2D eigenvalue weighted by molar-refractivity contribution is 0.146. The highest BCUT2D eigenvalue weighted by molar-refractivity contribution is 7.91. The van der Waals surface area contributed by atoms with Crippen molar-refractivity contribution < 1.29 is 8.42 Å². The van der Waals surface area contributed by atoms with E-state index in [0.717, 1.165) is 10.3 Å². The molecule has 1 fully saturated rings. The molecule has 0 radical (unpaired) electrons. The summed E-state index contributed by atoms with van der Waals surface area (Å²) in [5.41, 5.74) is -0.153. The van der Waals surface area contributed by atoms with Gasteiger partial charge in [-0.05, 0) is 23.9 Å². The van der Waals surface area contributed by atoms with Crippen LogP contribution in [0.25, 0.3) is 10.8 Å². The predicted molar refractivity (Wildman–Crippen MR) is 103 cm³/mol. The molecule has 6 nitrogen and oxygen atoms in total. The van der Waals surface area contributed by atoms with Crippen LogP contribution < -0.4 is 5.56 Å². The van der Waals surface area contributed by atoms with Gasteiger partial charge in [0.15, 0.2) is 9.84 Å². The van der Waals surface area contributed by atoms with Crippen molar-refractivity contribution in [2.24, 2.45) is 0 Å². The third-order valence-corrected chi connectivity index (χ3v) is 7.35. The van der Waals surface area contributed by atoms with E-state index in [1.807, 2.05) is 35.7 Å². The normalized spacial score (nSPS) is 19.3. The standard InChI is InChI=1S/C18H19N3O3S2/c22-18-17-6-2-1-4-14(17)10-19-21(18)13-20(11-16-5-3-8-25-16)15-7-9-26(23,24)12-15/h1-6,8,10,15H,7,9,11-13H2/t15-/m1/s1. The lowest BCUT2D eigenvalue weighted by atomic mass is 10.2. The number of hydrogen-bond donors (Lipinski definition) is 0. The topological polar surface area (TPSA) is 72.3 Å². The van der Waals surface area contributed by atoms with E-state index in [4.69, 9.17) is 0 Å². The fourth-order valence-corrected chi connectivity index (χ4v) is 5.85. The largest absolute Gasteiger partial charge is 0.275 e. The molecule has 3 aromatic rings. The summed E-state index contributed by atoms with van der Waals surface area (Å²) in [6.45, 7) is 0.889. The first-order valence-electron chi connectivity index (χ1n) is 8.43. The second-order valence-electron chi connectivity index (χ2n) is 6.56. The average Bonchev–Trinajstić information content (AvgIpc) is 3.26. The van der Waals surface area contributed by atoms with E-state index in [2.05, 4.69) is 10.00 Å². The third kappa shape index (κ3) is 3.58. The van der Waals surface area contributed by atoms with Crippen LogP contribution >= 0.6 is 11.3 Å². The van der Waals surface area contributed by atoms with Crippen LogP contribution in [0.4, 0.5) is 0 Å². The van der Waals surface area contributed by atoms with Crippen molar-refractivity contribution in [3.05, 3.63) is 63.2 Å². The van der Waals surface area contributed by atoms with Crippen molar-refractivity contribution in [1.82, 2.24) is 14.7 Å². The van der Waals surface area contributed by atoms with Crippen molar-refractivity contribution in [2.45, 2.75) is 25.7 Å². The van der Waals surface area contributed by atoms with Gasteiger partial charge in [0.1, 0.15) is 0 Å². The summed E-state index contributed by atoms with van der Waals surface area (Å²) in [7, 11) is -3.00. The van der Waals surface area contributed by atoms with Crippen molar-refractivity contribution in [3.63, 3.8) is 0 Å². The van der Waals surface area contributed by atoms with Gasteiger partial charge in [0, 0.05) is 22.8 Å². The molecule has 1 aliphatic heterocycles. The van der Waals surface area contributed by atoms with Gasteiger partial charge in [-0.25, -0.2) is 13.1 Å². The SMILES string of the molecule is O=c1c2ccccc2cnn1CN(Cc1cccs1)[C@@H]1CCS(=O)(=O)C1. The zero-order valence-electron chi connectivity index (χ0n) is 14.1. The molecule has 0 bridgehead atoms. The Balaban J connectivity index is 1.66. The van der Waals surface area contributed by atoms with Gasteiger partial charge in [-0.15, -0.1) is 11.3 Å². The zero-order valence-corrected chi connectivity index (χ0v) is 15.7. The Morgan fingerprint density at radius 3 is 2.81 bits per heavy atom. The van der Waals surface area contributed by atoms with Crippen LogP contribution in [0, 0.1) is 0 Å². The fourth-order valence-electron chi connectivity index (χ4n) is 3.36. The molecule has 0 spiro atoms. The van der Waals surface area contributed by atoms with E-state index in [9.17, 15) is 13.2 Å². The minimum Gasteiger partial charge on any atom is -0.275 e. The number of benzene rings is 1. The molecule has 1 aromatic carbocycles. The molecule has 0 aliphatic carbocycles. The van der Waals surface area contributed by atoms with E-state index < -0.39 is 9.84 Å². The molecule has 0 amide bonds. The Hall–Kier alpha value is -2.03. The van der Waals surface area contributed by atoms with Gasteiger partial charge < -0.3 is 0 Å². The van der Waals surface area contributed by atoms with Crippen molar-refractivity contribution in [3.8, 4) is 0 Å². The van der Waals surface area contributed by atoms with Crippen molar-refractivity contribution in [2.75, 3.05) is 11.5 Å². The summed E-state index contributed by atoms with van der Waals surface area (Å²) in [4.78, 5) is 16.0. The van der Waals surface area contributed by atoms with Gasteiger partial charge in [-0.2, -0.15) is 5.10 Å². The number of rotatable bonds is 5. The van der Waals surface area contributed by atoms with E-state index in [-0.39, 0.29) is 29.8 Å². The Morgan fingerprint density at radius 2 is 2.08 bits per heavy atom. The lowest BCUT2D eigenvalue weighted by Gasteiger charge is -2.27. The molecule has 3 heterocycles. The van der Waals surface area contributed by atoms with Gasteiger partial charge in [-0.3, -0.25) is 9.69 Å². The van der Waals surface area contributed by atoms with Crippen molar-refractivity contribution >= 4 is 31.9 Å². The molecular weight excluding hydrogens is 370 g/mol. The molecule has 26 heavy (non-hydrogen) atoms. The molecule has 0 unspecified atom stereocenters. The van der Waals surface area contributed by atoms with E-state index >= 15 is 0 Å². The molecule has 8 heteroatoms. The molecule has 1 aliphatic rings. The van der Waals surface area contributed by atoms with Crippen LogP contribution in [0.1, 0.15) is 11.3 Å². The number of nitrogens with zero attached hydrogens (tertiary/aromatic N) is 3. The number of fused-ring (bicyclic) bond motifs is 1. The van der Waals surface area contributed by atoms with Crippen LogP contribution in [-0.4, -0.2) is 40.6 Å². The summed E-state index contributed by atoms with van der Waals surface area (Å²) in [5.74, 6) is 0.347. The number of hydrogen-bond acceptors (Lipinski definition) is 6. The van der Waals surface area contributed by atoms with Crippen LogP contribution in [0.2, 0.25) is 0 Å². The maximum atomic E-state index is 12.8. The van der Waals surface area contributed by atoms with Crippen LogP contribution in [0.15, 0.2) is 52.8 Å². The first kappa shape index (κ1) is 17.4. The molecule has 0 saturated carbocycles. The van der Waals surface area contributed by atoms with E-state index in [1.54, 1.807) is 23.6 Å². The highest BCUT2D eigenvalue weighted by Crippen LogP contribution is 2.22. The molecule has 1 saturated heterocycles. The maximum Gasteiger partial charge on any atom is 0.275 e. The van der Waals surface area contributed by atoms with Crippen LogP contribution in [0.3, 0.4) is 0 Å². The van der Waals surface area contributed by atoms with Crippen LogP contribution in [-0.2, 0) is 23.1 Å². The molecule has 136 valence electrons. The average molecular weight is 390 g/mol. The van der Waals surface area contributed by atoms with Gasteiger partial charge in [-0.1, -0.05) is 24.3 Å². The second-order valence-corrected chi connectivity index (χ2v) is 9.82. The highest BCUT2D eigenvalue weighted by Gasteiger charge is 2.32. The monoisotopic (exact) mass is 389 g/mol. The van der Waals surface area contributed by atoms with Gasteiger partial charge >= 0.3 is 0 Å². The number of aromatic nitrogens is 2. The first-order chi connectivity index (χ1) is 12.5. The third-order valence-electron chi connectivity index (χ3n) is 4.74. The fraction of sp³-hybridized carbons (Fsp3) is 0.333. The maximum absolute atomic E-state index is 12.8. The lowest BCUT2D eigenvalue weighted by Crippen LogP contribution is -2.40. The minimum atomic E-state index is -3.00. The summed E-state index contributed by atoms with van der Waals surface area (Å²) in [6.07, 6.45) is 2.28. The predicted octanol–water partition coefficient (Wildman–Crippen LogP) is 2.10. The van der Waals surface area contributed by atoms with Gasteiger partial charge in [0.05, 0.1) is 29.8 Å². The summed E-state index contributed by atoms with van der Waals surface area (Å²) < 4.78 is 25.3. The minimum absolute atomic E-state index is 0.0951. The van der Waals surface area contributed by atoms with Crippen LogP contribution in [0.5, 0.6) is 0 Å². The number of sulfone groups is 1.